The molecule has 0 aliphatic rings. The number of anilines is 1. The molecule has 0 bridgehead atoms. The predicted molar refractivity (Wildman–Crippen MR) is 75.0 cm³/mol. The van der Waals surface area contributed by atoms with Crippen LogP contribution in [-0.2, 0) is 0 Å². The zero-order chi connectivity index (χ0) is 13.2. The Morgan fingerprint density at radius 1 is 1.17 bits per heavy atom. The monoisotopic (exact) mass is 250 g/mol. The third-order valence-corrected chi connectivity index (χ3v) is 2.92. The highest BCUT2D eigenvalue weighted by molar-refractivity contribution is 5.50. The Morgan fingerprint density at radius 2 is 1.89 bits per heavy atom. The molecule has 0 aromatic heterocycles. The lowest BCUT2D eigenvalue weighted by molar-refractivity contribution is -0.384. The van der Waals surface area contributed by atoms with Crippen LogP contribution in [0.15, 0.2) is 24.3 Å². The molecule has 1 aromatic carbocycles. The first-order valence-corrected chi connectivity index (χ1v) is 6.72. The number of benzene rings is 1. The van der Waals surface area contributed by atoms with Crippen LogP contribution in [0.2, 0.25) is 0 Å². The van der Waals surface area contributed by atoms with Crippen molar-refractivity contribution in [1.29, 1.82) is 0 Å². The summed E-state index contributed by atoms with van der Waals surface area (Å²) in [4.78, 5) is 10.2. The fourth-order valence-corrected chi connectivity index (χ4v) is 1.87. The van der Waals surface area contributed by atoms with Crippen molar-refractivity contribution in [1.82, 2.24) is 0 Å². The molecule has 0 aliphatic carbocycles. The number of hydrogen-bond acceptors (Lipinski definition) is 3. The number of nitro benzene ring substituents is 1. The van der Waals surface area contributed by atoms with E-state index in [4.69, 9.17) is 0 Å². The van der Waals surface area contributed by atoms with Crippen molar-refractivity contribution in [3.05, 3.63) is 34.4 Å². The molecule has 0 atom stereocenters. The minimum Gasteiger partial charge on any atom is -0.385 e. The van der Waals surface area contributed by atoms with Gasteiger partial charge in [-0.05, 0) is 12.5 Å². The highest BCUT2D eigenvalue weighted by Crippen LogP contribution is 2.17. The first-order valence-electron chi connectivity index (χ1n) is 6.72. The maximum absolute atomic E-state index is 10.6. The minimum absolute atomic E-state index is 0.142. The molecule has 18 heavy (non-hydrogen) atoms. The summed E-state index contributed by atoms with van der Waals surface area (Å²) < 4.78 is 0. The van der Waals surface area contributed by atoms with Crippen LogP contribution in [0.5, 0.6) is 0 Å². The maximum atomic E-state index is 10.6. The van der Waals surface area contributed by atoms with Gasteiger partial charge in [0.15, 0.2) is 0 Å². The zero-order valence-corrected chi connectivity index (χ0v) is 11.0. The fraction of sp³-hybridized carbons (Fsp3) is 0.571. The molecule has 0 fully saturated rings. The van der Waals surface area contributed by atoms with E-state index in [1.807, 2.05) is 6.07 Å². The van der Waals surface area contributed by atoms with Crippen molar-refractivity contribution >= 4 is 11.4 Å². The largest absolute Gasteiger partial charge is 0.385 e. The number of rotatable bonds is 9. The van der Waals surface area contributed by atoms with Gasteiger partial charge in [-0.2, -0.15) is 0 Å². The van der Waals surface area contributed by atoms with E-state index in [-0.39, 0.29) is 10.6 Å². The Bertz CT molecular complexity index is 367. The molecule has 1 rings (SSSR count). The van der Waals surface area contributed by atoms with Gasteiger partial charge in [-0.1, -0.05) is 45.1 Å². The van der Waals surface area contributed by atoms with E-state index in [2.05, 4.69) is 12.2 Å². The van der Waals surface area contributed by atoms with Crippen LogP contribution >= 0.6 is 0 Å². The maximum Gasteiger partial charge on any atom is 0.271 e. The van der Waals surface area contributed by atoms with Crippen molar-refractivity contribution in [3.63, 3.8) is 0 Å². The van der Waals surface area contributed by atoms with Crippen LogP contribution in [0.4, 0.5) is 11.4 Å². The summed E-state index contributed by atoms with van der Waals surface area (Å²) in [6.45, 7) is 3.09. The molecule has 0 saturated heterocycles. The second kappa shape index (κ2) is 8.50. The van der Waals surface area contributed by atoms with Crippen molar-refractivity contribution in [2.24, 2.45) is 0 Å². The van der Waals surface area contributed by atoms with Gasteiger partial charge >= 0.3 is 0 Å². The van der Waals surface area contributed by atoms with Crippen LogP contribution in [0.3, 0.4) is 0 Å². The van der Waals surface area contributed by atoms with Crippen LogP contribution in [0.1, 0.15) is 45.4 Å². The van der Waals surface area contributed by atoms with E-state index in [9.17, 15) is 10.1 Å². The topological polar surface area (TPSA) is 55.2 Å². The van der Waals surface area contributed by atoms with Crippen LogP contribution in [-0.4, -0.2) is 11.5 Å². The molecule has 0 saturated carbocycles. The van der Waals surface area contributed by atoms with Crippen molar-refractivity contribution in [3.8, 4) is 0 Å². The molecule has 0 aliphatic heterocycles. The molecule has 1 N–H and O–H groups in total. The van der Waals surface area contributed by atoms with E-state index in [0.717, 1.165) is 18.7 Å². The van der Waals surface area contributed by atoms with Crippen LogP contribution in [0, 0.1) is 10.1 Å². The number of non-ortho nitro benzene ring substituents is 1. The predicted octanol–water partition coefficient (Wildman–Crippen LogP) is 4.37. The van der Waals surface area contributed by atoms with Gasteiger partial charge in [-0.3, -0.25) is 10.1 Å². The van der Waals surface area contributed by atoms with Crippen molar-refractivity contribution < 1.29 is 4.92 Å². The molecule has 0 unspecified atom stereocenters. The summed E-state index contributed by atoms with van der Waals surface area (Å²) in [6.07, 6.45) is 7.52. The van der Waals surface area contributed by atoms with Gasteiger partial charge in [0.25, 0.3) is 5.69 Å². The Kier molecular flexibility index (Phi) is 6.84. The van der Waals surface area contributed by atoms with Crippen molar-refractivity contribution in [2.75, 3.05) is 11.9 Å². The third-order valence-electron chi connectivity index (χ3n) is 2.92. The van der Waals surface area contributed by atoms with Crippen LogP contribution in [0.25, 0.3) is 0 Å². The fourth-order valence-electron chi connectivity index (χ4n) is 1.87. The Labute approximate surface area is 109 Å². The van der Waals surface area contributed by atoms with Gasteiger partial charge < -0.3 is 5.32 Å². The molecular weight excluding hydrogens is 228 g/mol. The van der Waals surface area contributed by atoms with E-state index in [1.54, 1.807) is 12.1 Å². The third kappa shape index (κ3) is 5.66. The Balaban J connectivity index is 2.19. The van der Waals surface area contributed by atoms with Gasteiger partial charge in [0, 0.05) is 24.4 Å². The van der Waals surface area contributed by atoms with E-state index in [0.29, 0.717) is 0 Å². The normalized spacial score (nSPS) is 10.3. The lowest BCUT2D eigenvalue weighted by Gasteiger charge is -2.06. The molecule has 0 spiro atoms. The van der Waals surface area contributed by atoms with Gasteiger partial charge in [0.2, 0.25) is 0 Å². The second-order valence-corrected chi connectivity index (χ2v) is 4.50. The number of unbranched alkanes of at least 4 members (excludes halogenated alkanes) is 5. The van der Waals surface area contributed by atoms with Crippen molar-refractivity contribution in [2.45, 2.75) is 45.4 Å². The van der Waals surface area contributed by atoms with Gasteiger partial charge in [-0.15, -0.1) is 0 Å². The summed E-state index contributed by atoms with van der Waals surface area (Å²) in [5.74, 6) is 0. The molecule has 4 heteroatoms. The van der Waals surface area contributed by atoms with E-state index in [1.165, 1.54) is 38.2 Å². The summed E-state index contributed by atoms with van der Waals surface area (Å²) in [5.41, 5.74) is 0.973. The number of hydrogen-bond donors (Lipinski definition) is 1. The molecule has 1 aromatic rings. The first-order chi connectivity index (χ1) is 8.74. The SMILES string of the molecule is CCCCCCCCNc1cccc([N+](=O)[O-])c1. The second-order valence-electron chi connectivity index (χ2n) is 4.50. The molecule has 0 heterocycles. The zero-order valence-electron chi connectivity index (χ0n) is 11.0. The number of nitrogens with zero attached hydrogens (tertiary/aromatic N) is 1. The highest BCUT2D eigenvalue weighted by Gasteiger charge is 2.04. The quantitative estimate of drug-likeness (QED) is 0.402. The lowest BCUT2D eigenvalue weighted by Crippen LogP contribution is -2.01. The molecule has 0 amide bonds. The van der Waals surface area contributed by atoms with E-state index < -0.39 is 0 Å². The molecule has 100 valence electrons. The lowest BCUT2D eigenvalue weighted by atomic mass is 10.1. The van der Waals surface area contributed by atoms with E-state index >= 15 is 0 Å². The smallest absolute Gasteiger partial charge is 0.271 e. The standard InChI is InChI=1S/C14H22N2O2/c1-2-3-4-5-6-7-11-15-13-9-8-10-14(12-13)16(17)18/h8-10,12,15H,2-7,11H2,1H3. The van der Waals surface area contributed by atoms with Gasteiger partial charge in [0.1, 0.15) is 0 Å². The Hall–Kier alpha value is -1.58. The first kappa shape index (κ1) is 14.5. The Morgan fingerprint density at radius 3 is 2.61 bits per heavy atom. The van der Waals surface area contributed by atoms with Crippen LogP contribution < -0.4 is 5.32 Å². The average molecular weight is 250 g/mol. The minimum atomic E-state index is -0.365. The summed E-state index contributed by atoms with van der Waals surface area (Å²) in [5, 5.41) is 13.8. The molecule has 4 nitrogen and oxygen atoms in total. The summed E-state index contributed by atoms with van der Waals surface area (Å²) in [7, 11) is 0. The summed E-state index contributed by atoms with van der Waals surface area (Å²) >= 11 is 0. The molecular formula is C14H22N2O2. The number of nitro groups is 1. The highest BCUT2D eigenvalue weighted by atomic mass is 16.6. The molecule has 0 radical (unpaired) electrons. The summed E-state index contributed by atoms with van der Waals surface area (Å²) in [6, 6.07) is 6.67. The number of nitrogens with one attached hydrogen (secondary N) is 1. The average Bonchev–Trinajstić information content (AvgIpc) is 2.38. The van der Waals surface area contributed by atoms with Gasteiger partial charge in [-0.25, -0.2) is 0 Å². The van der Waals surface area contributed by atoms with Gasteiger partial charge in [0.05, 0.1) is 4.92 Å².